The standard InChI is InChI=1S/C18H23NO2/c1-13(17-8-9-21-12-17)19-11-18(20)16-7-6-14-4-2-3-5-15(14)10-16/h2-7,10,13,17-20H,8-9,11-12H2,1H3. The van der Waals surface area contributed by atoms with Crippen LogP contribution in [0.4, 0.5) is 0 Å². The van der Waals surface area contributed by atoms with Crippen LogP contribution in [0.3, 0.4) is 0 Å². The minimum atomic E-state index is -0.473. The Morgan fingerprint density at radius 3 is 2.81 bits per heavy atom. The molecule has 3 nitrogen and oxygen atoms in total. The molecule has 2 N–H and O–H groups in total. The zero-order valence-corrected chi connectivity index (χ0v) is 12.5. The second kappa shape index (κ2) is 6.56. The Labute approximate surface area is 125 Å². The normalized spacial score (nSPS) is 21.5. The third-order valence-electron chi connectivity index (χ3n) is 4.46. The first-order valence-electron chi connectivity index (χ1n) is 7.72. The molecule has 1 aliphatic rings. The third kappa shape index (κ3) is 3.43. The summed E-state index contributed by atoms with van der Waals surface area (Å²) in [5.74, 6) is 0.564. The quantitative estimate of drug-likeness (QED) is 0.887. The van der Waals surface area contributed by atoms with Gasteiger partial charge in [0.15, 0.2) is 0 Å². The van der Waals surface area contributed by atoms with Crippen molar-refractivity contribution in [2.45, 2.75) is 25.5 Å². The Bertz CT molecular complexity index is 593. The summed E-state index contributed by atoms with van der Waals surface area (Å²) < 4.78 is 5.42. The summed E-state index contributed by atoms with van der Waals surface area (Å²) in [5.41, 5.74) is 0.969. The van der Waals surface area contributed by atoms with E-state index >= 15 is 0 Å². The van der Waals surface area contributed by atoms with Crippen LogP contribution in [0, 0.1) is 5.92 Å². The summed E-state index contributed by atoms with van der Waals surface area (Å²) >= 11 is 0. The highest BCUT2D eigenvalue weighted by atomic mass is 16.5. The van der Waals surface area contributed by atoms with E-state index in [0.717, 1.165) is 25.2 Å². The van der Waals surface area contributed by atoms with Crippen molar-refractivity contribution in [1.82, 2.24) is 5.32 Å². The molecule has 0 saturated carbocycles. The van der Waals surface area contributed by atoms with Crippen LogP contribution >= 0.6 is 0 Å². The fourth-order valence-electron chi connectivity index (χ4n) is 2.94. The Hall–Kier alpha value is -1.42. The van der Waals surface area contributed by atoms with Crippen molar-refractivity contribution in [3.05, 3.63) is 48.0 Å². The molecule has 2 aromatic carbocycles. The molecule has 0 aliphatic carbocycles. The number of hydrogen-bond acceptors (Lipinski definition) is 3. The zero-order chi connectivity index (χ0) is 14.7. The van der Waals surface area contributed by atoms with Crippen LogP contribution in [-0.4, -0.2) is 30.9 Å². The maximum absolute atomic E-state index is 10.4. The zero-order valence-electron chi connectivity index (χ0n) is 12.5. The summed E-state index contributed by atoms with van der Waals surface area (Å²) in [6.07, 6.45) is 0.639. The van der Waals surface area contributed by atoms with E-state index in [1.165, 1.54) is 10.8 Å². The van der Waals surface area contributed by atoms with E-state index < -0.39 is 6.10 Å². The average molecular weight is 285 g/mol. The van der Waals surface area contributed by atoms with Gasteiger partial charge in [0.25, 0.3) is 0 Å². The second-order valence-electron chi connectivity index (χ2n) is 5.94. The number of aliphatic hydroxyl groups excluding tert-OH is 1. The van der Waals surface area contributed by atoms with Crippen LogP contribution < -0.4 is 5.32 Å². The SMILES string of the molecule is CC(NCC(O)c1ccc2ccccc2c1)C1CCOC1. The highest BCUT2D eigenvalue weighted by molar-refractivity contribution is 5.83. The van der Waals surface area contributed by atoms with Gasteiger partial charge >= 0.3 is 0 Å². The van der Waals surface area contributed by atoms with Crippen LogP contribution in [0.2, 0.25) is 0 Å². The predicted molar refractivity (Wildman–Crippen MR) is 85.3 cm³/mol. The Balaban J connectivity index is 1.62. The van der Waals surface area contributed by atoms with Gasteiger partial charge < -0.3 is 15.2 Å². The van der Waals surface area contributed by atoms with Gasteiger partial charge in [-0.2, -0.15) is 0 Å². The van der Waals surface area contributed by atoms with Gasteiger partial charge in [0.1, 0.15) is 0 Å². The van der Waals surface area contributed by atoms with E-state index in [0.29, 0.717) is 18.5 Å². The van der Waals surface area contributed by atoms with Gasteiger partial charge in [-0.3, -0.25) is 0 Å². The van der Waals surface area contributed by atoms with Gasteiger partial charge in [0.2, 0.25) is 0 Å². The number of aliphatic hydroxyl groups is 1. The van der Waals surface area contributed by atoms with Crippen molar-refractivity contribution in [3.8, 4) is 0 Å². The van der Waals surface area contributed by atoms with Crippen molar-refractivity contribution < 1.29 is 9.84 Å². The van der Waals surface area contributed by atoms with E-state index in [1.54, 1.807) is 0 Å². The van der Waals surface area contributed by atoms with Gasteiger partial charge in [0.05, 0.1) is 12.7 Å². The average Bonchev–Trinajstić information content (AvgIpc) is 3.06. The molecule has 3 unspecified atom stereocenters. The molecule has 0 aromatic heterocycles. The van der Waals surface area contributed by atoms with Crippen molar-refractivity contribution in [1.29, 1.82) is 0 Å². The van der Waals surface area contributed by atoms with Crippen molar-refractivity contribution >= 4 is 10.8 Å². The van der Waals surface area contributed by atoms with Crippen LogP contribution in [0.1, 0.15) is 25.0 Å². The molecule has 1 aliphatic heterocycles. The van der Waals surface area contributed by atoms with Gasteiger partial charge in [-0.05, 0) is 41.7 Å². The lowest BCUT2D eigenvalue weighted by Crippen LogP contribution is -2.36. The van der Waals surface area contributed by atoms with Crippen LogP contribution in [0.5, 0.6) is 0 Å². The largest absolute Gasteiger partial charge is 0.387 e. The number of ether oxygens (including phenoxy) is 1. The van der Waals surface area contributed by atoms with Gasteiger partial charge in [-0.1, -0.05) is 36.4 Å². The van der Waals surface area contributed by atoms with E-state index in [-0.39, 0.29) is 0 Å². The molecule has 0 amide bonds. The van der Waals surface area contributed by atoms with Crippen molar-refractivity contribution in [2.24, 2.45) is 5.92 Å². The molecule has 0 spiro atoms. The molecule has 2 aromatic rings. The lowest BCUT2D eigenvalue weighted by molar-refractivity contribution is 0.156. The number of hydrogen-bond donors (Lipinski definition) is 2. The first kappa shape index (κ1) is 14.5. The monoisotopic (exact) mass is 285 g/mol. The van der Waals surface area contributed by atoms with E-state index in [4.69, 9.17) is 4.74 Å². The van der Waals surface area contributed by atoms with E-state index in [9.17, 15) is 5.11 Å². The lowest BCUT2D eigenvalue weighted by Gasteiger charge is -2.21. The van der Waals surface area contributed by atoms with E-state index in [1.807, 2.05) is 18.2 Å². The maximum Gasteiger partial charge on any atom is 0.0914 e. The summed E-state index contributed by atoms with van der Waals surface area (Å²) in [4.78, 5) is 0. The summed E-state index contributed by atoms with van der Waals surface area (Å²) in [5, 5.41) is 16.2. The smallest absolute Gasteiger partial charge is 0.0914 e. The number of rotatable bonds is 5. The Morgan fingerprint density at radius 2 is 2.05 bits per heavy atom. The molecule has 112 valence electrons. The highest BCUT2D eigenvalue weighted by Crippen LogP contribution is 2.21. The summed E-state index contributed by atoms with van der Waals surface area (Å²) in [6, 6.07) is 14.8. The fourth-order valence-corrected chi connectivity index (χ4v) is 2.94. The van der Waals surface area contributed by atoms with Gasteiger partial charge in [0, 0.05) is 19.2 Å². The maximum atomic E-state index is 10.4. The van der Waals surface area contributed by atoms with Gasteiger partial charge in [-0.15, -0.1) is 0 Å². The first-order valence-corrected chi connectivity index (χ1v) is 7.72. The summed E-state index contributed by atoms with van der Waals surface area (Å²) in [6.45, 7) is 4.45. The molecule has 0 bridgehead atoms. The third-order valence-corrected chi connectivity index (χ3v) is 4.46. The van der Waals surface area contributed by atoms with Crippen LogP contribution in [0.15, 0.2) is 42.5 Å². The number of benzene rings is 2. The number of fused-ring (bicyclic) bond motifs is 1. The predicted octanol–water partition coefficient (Wildman–Crippen LogP) is 2.89. The number of nitrogens with one attached hydrogen (secondary N) is 1. The van der Waals surface area contributed by atoms with Crippen molar-refractivity contribution in [3.63, 3.8) is 0 Å². The minimum Gasteiger partial charge on any atom is -0.387 e. The molecule has 21 heavy (non-hydrogen) atoms. The first-order chi connectivity index (χ1) is 10.2. The highest BCUT2D eigenvalue weighted by Gasteiger charge is 2.22. The summed E-state index contributed by atoms with van der Waals surface area (Å²) in [7, 11) is 0. The van der Waals surface area contributed by atoms with Crippen LogP contribution in [0.25, 0.3) is 10.8 Å². The molecule has 1 fully saturated rings. The molecule has 3 rings (SSSR count). The Morgan fingerprint density at radius 1 is 1.24 bits per heavy atom. The fraction of sp³-hybridized carbons (Fsp3) is 0.444. The lowest BCUT2D eigenvalue weighted by atomic mass is 9.99. The van der Waals surface area contributed by atoms with Crippen molar-refractivity contribution in [2.75, 3.05) is 19.8 Å². The molecule has 3 heteroatoms. The van der Waals surface area contributed by atoms with Crippen LogP contribution in [-0.2, 0) is 4.74 Å². The van der Waals surface area contributed by atoms with Gasteiger partial charge in [-0.25, -0.2) is 0 Å². The topological polar surface area (TPSA) is 41.5 Å². The molecule has 1 saturated heterocycles. The molecular formula is C18H23NO2. The molecule has 1 heterocycles. The Kier molecular flexibility index (Phi) is 4.54. The minimum absolute atomic E-state index is 0.377. The second-order valence-corrected chi connectivity index (χ2v) is 5.94. The molecule has 3 atom stereocenters. The molecule has 0 radical (unpaired) electrons. The van der Waals surface area contributed by atoms with E-state index in [2.05, 4.69) is 36.5 Å². The molecular weight excluding hydrogens is 262 g/mol.